The number of amides is 1. The van der Waals surface area contributed by atoms with E-state index in [9.17, 15) is 9.90 Å². The summed E-state index contributed by atoms with van der Waals surface area (Å²) >= 11 is 0. The lowest BCUT2D eigenvalue weighted by Crippen LogP contribution is -2.25. The fraction of sp³-hybridized carbons (Fsp3) is 0.238. The van der Waals surface area contributed by atoms with Gasteiger partial charge < -0.3 is 14.8 Å². The Hall–Kier alpha value is -3.08. The van der Waals surface area contributed by atoms with Gasteiger partial charge in [0.05, 0.1) is 6.20 Å². The minimum Gasteiger partial charge on any atom is -0.508 e. The molecule has 2 aromatic carbocycles. The van der Waals surface area contributed by atoms with E-state index in [2.05, 4.69) is 10.3 Å². The van der Waals surface area contributed by atoms with Crippen molar-refractivity contribution in [2.45, 2.75) is 25.7 Å². The largest absolute Gasteiger partial charge is 0.508 e. The van der Waals surface area contributed by atoms with Crippen LogP contribution < -0.4 is 5.32 Å². The second kappa shape index (κ2) is 8.85. The zero-order valence-electron chi connectivity index (χ0n) is 14.5. The molecule has 1 heterocycles. The Balaban J connectivity index is 1.37. The number of aromatic hydroxyl groups is 1. The predicted octanol–water partition coefficient (Wildman–Crippen LogP) is 3.73. The standard InChI is InChI=1S/C21H22N2O3/c24-18-9-4-6-16(14-18)12-13-22-20(25)10-5-11-21-23-15-19(26-21)17-7-2-1-3-8-17/h1-4,6-9,14-15,24H,5,10-13H2,(H,22,25). The molecule has 26 heavy (non-hydrogen) atoms. The van der Waals surface area contributed by atoms with E-state index in [1.165, 1.54) is 0 Å². The Kier molecular flexibility index (Phi) is 6.04. The Morgan fingerprint density at radius 3 is 2.73 bits per heavy atom. The molecule has 0 radical (unpaired) electrons. The number of nitrogens with zero attached hydrogens (tertiary/aromatic N) is 1. The van der Waals surface area contributed by atoms with E-state index >= 15 is 0 Å². The summed E-state index contributed by atoms with van der Waals surface area (Å²) in [6, 6.07) is 16.9. The number of oxazole rings is 1. The molecule has 0 fully saturated rings. The molecule has 1 aromatic heterocycles. The lowest BCUT2D eigenvalue weighted by Gasteiger charge is -2.05. The Morgan fingerprint density at radius 2 is 1.92 bits per heavy atom. The van der Waals surface area contributed by atoms with Crippen LogP contribution in [0.4, 0.5) is 0 Å². The number of aromatic nitrogens is 1. The van der Waals surface area contributed by atoms with Crippen LogP contribution in [-0.4, -0.2) is 22.5 Å². The molecule has 3 rings (SSSR count). The van der Waals surface area contributed by atoms with Gasteiger partial charge in [0.25, 0.3) is 0 Å². The van der Waals surface area contributed by atoms with Gasteiger partial charge in [-0.2, -0.15) is 0 Å². The van der Waals surface area contributed by atoms with Crippen molar-refractivity contribution >= 4 is 5.91 Å². The van der Waals surface area contributed by atoms with E-state index in [0.717, 1.165) is 16.9 Å². The van der Waals surface area contributed by atoms with Crippen LogP contribution in [0.5, 0.6) is 5.75 Å². The molecule has 134 valence electrons. The van der Waals surface area contributed by atoms with Gasteiger partial charge in [-0.15, -0.1) is 0 Å². The topological polar surface area (TPSA) is 75.4 Å². The minimum atomic E-state index is 0.0139. The number of rotatable bonds is 8. The lowest BCUT2D eigenvalue weighted by atomic mass is 10.1. The molecular weight excluding hydrogens is 328 g/mol. The third kappa shape index (κ3) is 5.21. The van der Waals surface area contributed by atoms with Crippen molar-refractivity contribution in [2.24, 2.45) is 0 Å². The molecule has 1 amide bonds. The lowest BCUT2D eigenvalue weighted by molar-refractivity contribution is -0.121. The summed E-state index contributed by atoms with van der Waals surface area (Å²) in [7, 11) is 0. The normalized spacial score (nSPS) is 10.6. The summed E-state index contributed by atoms with van der Waals surface area (Å²) in [6.45, 7) is 0.555. The second-order valence-electron chi connectivity index (χ2n) is 6.11. The molecular formula is C21H22N2O3. The summed E-state index contributed by atoms with van der Waals surface area (Å²) in [5.41, 5.74) is 1.99. The Morgan fingerprint density at radius 1 is 1.08 bits per heavy atom. The first kappa shape index (κ1) is 17.7. The molecule has 0 aliphatic rings. The fourth-order valence-electron chi connectivity index (χ4n) is 2.71. The first-order chi connectivity index (χ1) is 12.7. The summed E-state index contributed by atoms with van der Waals surface area (Å²) in [5, 5.41) is 12.3. The smallest absolute Gasteiger partial charge is 0.220 e. The highest BCUT2D eigenvalue weighted by molar-refractivity contribution is 5.75. The molecule has 0 unspecified atom stereocenters. The molecule has 0 bridgehead atoms. The van der Waals surface area contributed by atoms with E-state index in [1.54, 1.807) is 24.4 Å². The van der Waals surface area contributed by atoms with Crippen molar-refractivity contribution in [3.8, 4) is 17.1 Å². The highest BCUT2D eigenvalue weighted by Crippen LogP contribution is 2.20. The molecule has 3 aromatic rings. The first-order valence-electron chi connectivity index (χ1n) is 8.75. The van der Waals surface area contributed by atoms with Crippen LogP contribution in [-0.2, 0) is 17.6 Å². The van der Waals surface area contributed by atoms with Crippen LogP contribution >= 0.6 is 0 Å². The molecule has 2 N–H and O–H groups in total. The number of benzene rings is 2. The number of phenols is 1. The van der Waals surface area contributed by atoms with E-state index in [4.69, 9.17) is 4.42 Å². The SMILES string of the molecule is O=C(CCCc1ncc(-c2ccccc2)o1)NCCc1cccc(O)c1. The van der Waals surface area contributed by atoms with Gasteiger partial charge in [0.2, 0.25) is 5.91 Å². The average molecular weight is 350 g/mol. The van der Waals surface area contributed by atoms with E-state index in [1.807, 2.05) is 36.4 Å². The number of carbonyl (C=O) groups excluding carboxylic acids is 1. The maximum absolute atomic E-state index is 11.9. The zero-order valence-corrected chi connectivity index (χ0v) is 14.5. The number of nitrogens with one attached hydrogen (secondary N) is 1. The molecule has 0 saturated carbocycles. The summed E-state index contributed by atoms with van der Waals surface area (Å²) in [6.07, 6.45) is 4.17. The van der Waals surface area contributed by atoms with Crippen LogP contribution in [0, 0.1) is 0 Å². The van der Waals surface area contributed by atoms with Gasteiger partial charge in [0.15, 0.2) is 11.7 Å². The van der Waals surface area contributed by atoms with Gasteiger partial charge >= 0.3 is 0 Å². The van der Waals surface area contributed by atoms with Gasteiger partial charge in [-0.05, 0) is 30.5 Å². The number of hydrogen-bond donors (Lipinski definition) is 2. The molecule has 0 saturated heterocycles. The van der Waals surface area contributed by atoms with Crippen LogP contribution in [0.2, 0.25) is 0 Å². The monoisotopic (exact) mass is 350 g/mol. The molecule has 5 nitrogen and oxygen atoms in total. The zero-order chi connectivity index (χ0) is 18.2. The first-order valence-corrected chi connectivity index (χ1v) is 8.75. The van der Waals surface area contributed by atoms with Crippen LogP contribution in [0.15, 0.2) is 65.2 Å². The molecule has 0 atom stereocenters. The number of hydrogen-bond acceptors (Lipinski definition) is 4. The van der Waals surface area contributed by atoms with Gasteiger partial charge in [-0.25, -0.2) is 4.98 Å². The van der Waals surface area contributed by atoms with Crippen molar-refractivity contribution in [3.63, 3.8) is 0 Å². The van der Waals surface area contributed by atoms with Crippen molar-refractivity contribution < 1.29 is 14.3 Å². The Bertz CT molecular complexity index is 843. The van der Waals surface area contributed by atoms with E-state index in [0.29, 0.717) is 38.1 Å². The van der Waals surface area contributed by atoms with Crippen molar-refractivity contribution in [2.75, 3.05) is 6.54 Å². The van der Waals surface area contributed by atoms with Gasteiger partial charge in [0, 0.05) is 24.9 Å². The fourth-order valence-corrected chi connectivity index (χ4v) is 2.71. The van der Waals surface area contributed by atoms with Crippen LogP contribution in [0.25, 0.3) is 11.3 Å². The number of phenolic OH excluding ortho intramolecular Hbond substituents is 1. The molecule has 0 spiro atoms. The molecule has 0 aliphatic carbocycles. The highest BCUT2D eigenvalue weighted by Gasteiger charge is 2.07. The summed E-state index contributed by atoms with van der Waals surface area (Å²) in [4.78, 5) is 16.2. The summed E-state index contributed by atoms with van der Waals surface area (Å²) in [5.74, 6) is 1.65. The van der Waals surface area contributed by atoms with Crippen molar-refractivity contribution in [1.29, 1.82) is 0 Å². The van der Waals surface area contributed by atoms with Gasteiger partial charge in [-0.3, -0.25) is 4.79 Å². The van der Waals surface area contributed by atoms with Crippen molar-refractivity contribution in [1.82, 2.24) is 10.3 Å². The Labute approximate surface area is 152 Å². The maximum atomic E-state index is 11.9. The van der Waals surface area contributed by atoms with Crippen LogP contribution in [0.3, 0.4) is 0 Å². The number of aryl methyl sites for hydroxylation is 1. The van der Waals surface area contributed by atoms with Crippen molar-refractivity contribution in [3.05, 3.63) is 72.2 Å². The van der Waals surface area contributed by atoms with Gasteiger partial charge in [0.1, 0.15) is 5.75 Å². The van der Waals surface area contributed by atoms with E-state index < -0.39 is 0 Å². The maximum Gasteiger partial charge on any atom is 0.220 e. The quantitative estimate of drug-likeness (QED) is 0.649. The van der Waals surface area contributed by atoms with Gasteiger partial charge in [-0.1, -0.05) is 42.5 Å². The second-order valence-corrected chi connectivity index (χ2v) is 6.11. The third-order valence-electron chi connectivity index (χ3n) is 4.05. The third-order valence-corrected chi connectivity index (χ3v) is 4.05. The molecule has 5 heteroatoms. The minimum absolute atomic E-state index is 0.0139. The van der Waals surface area contributed by atoms with Crippen LogP contribution in [0.1, 0.15) is 24.3 Å². The highest BCUT2D eigenvalue weighted by atomic mass is 16.4. The average Bonchev–Trinajstić information content (AvgIpc) is 3.11. The number of carbonyl (C=O) groups is 1. The predicted molar refractivity (Wildman–Crippen MR) is 99.7 cm³/mol. The summed E-state index contributed by atoms with van der Waals surface area (Å²) < 4.78 is 5.74. The molecule has 0 aliphatic heterocycles. The van der Waals surface area contributed by atoms with E-state index in [-0.39, 0.29) is 11.7 Å².